The van der Waals surface area contributed by atoms with Crippen molar-refractivity contribution in [1.29, 1.82) is 0 Å². The Morgan fingerprint density at radius 2 is 1.88 bits per heavy atom. The molecule has 3 aromatic rings. The molecule has 0 spiro atoms. The summed E-state index contributed by atoms with van der Waals surface area (Å²) in [6.45, 7) is 1.76. The van der Waals surface area contributed by atoms with E-state index in [4.69, 9.17) is 0 Å². The second-order valence-corrected chi connectivity index (χ2v) is 7.00. The number of benzene rings is 1. The SMILES string of the molecule is Cc1cc2c(cc1C(=O)O)n1c(C3CCCCC3)ncc1c(=O)n2C. The first-order chi connectivity index (χ1) is 12.0. The second-order valence-electron chi connectivity index (χ2n) is 7.00. The first kappa shape index (κ1) is 15.9. The van der Waals surface area contributed by atoms with E-state index in [9.17, 15) is 14.7 Å². The van der Waals surface area contributed by atoms with E-state index in [-0.39, 0.29) is 11.1 Å². The van der Waals surface area contributed by atoms with Gasteiger partial charge in [0.05, 0.1) is 22.8 Å². The molecule has 6 heteroatoms. The number of hydrogen-bond donors (Lipinski definition) is 1. The Balaban J connectivity index is 2.11. The molecule has 1 saturated carbocycles. The van der Waals surface area contributed by atoms with E-state index in [2.05, 4.69) is 4.98 Å². The molecule has 0 amide bonds. The monoisotopic (exact) mass is 339 g/mol. The Bertz CT molecular complexity index is 1060. The van der Waals surface area contributed by atoms with Gasteiger partial charge in [-0.1, -0.05) is 19.3 Å². The molecule has 25 heavy (non-hydrogen) atoms. The lowest BCUT2D eigenvalue weighted by atomic mass is 9.88. The van der Waals surface area contributed by atoms with E-state index in [1.54, 1.807) is 36.9 Å². The molecule has 0 bridgehead atoms. The highest BCUT2D eigenvalue weighted by Gasteiger charge is 2.23. The molecule has 1 aromatic carbocycles. The van der Waals surface area contributed by atoms with Crippen molar-refractivity contribution >= 4 is 22.5 Å². The van der Waals surface area contributed by atoms with E-state index < -0.39 is 5.97 Å². The van der Waals surface area contributed by atoms with Gasteiger partial charge < -0.3 is 9.67 Å². The first-order valence-electron chi connectivity index (χ1n) is 8.73. The van der Waals surface area contributed by atoms with E-state index >= 15 is 0 Å². The largest absolute Gasteiger partial charge is 0.478 e. The molecule has 1 aliphatic rings. The number of rotatable bonds is 2. The summed E-state index contributed by atoms with van der Waals surface area (Å²) in [5.74, 6) is 0.250. The maximum atomic E-state index is 12.8. The van der Waals surface area contributed by atoms with Crippen molar-refractivity contribution in [3.8, 4) is 0 Å². The van der Waals surface area contributed by atoms with E-state index in [1.165, 1.54) is 19.3 Å². The van der Waals surface area contributed by atoms with Gasteiger partial charge in [0.15, 0.2) is 0 Å². The van der Waals surface area contributed by atoms with Gasteiger partial charge in [0, 0.05) is 13.0 Å². The molecule has 0 aliphatic heterocycles. The minimum atomic E-state index is -0.958. The molecule has 1 aliphatic carbocycles. The zero-order valence-electron chi connectivity index (χ0n) is 14.5. The average molecular weight is 339 g/mol. The van der Waals surface area contributed by atoms with Crippen LogP contribution in [0.25, 0.3) is 16.6 Å². The molecule has 6 nitrogen and oxygen atoms in total. The van der Waals surface area contributed by atoms with Crippen LogP contribution in [0.5, 0.6) is 0 Å². The summed E-state index contributed by atoms with van der Waals surface area (Å²) in [7, 11) is 1.72. The minimum Gasteiger partial charge on any atom is -0.478 e. The van der Waals surface area contributed by atoms with E-state index in [0.29, 0.717) is 17.0 Å². The van der Waals surface area contributed by atoms with Crippen LogP contribution in [0, 0.1) is 6.92 Å². The zero-order valence-corrected chi connectivity index (χ0v) is 14.5. The molecule has 1 fully saturated rings. The third kappa shape index (κ3) is 2.35. The molecule has 0 unspecified atom stereocenters. The van der Waals surface area contributed by atoms with Gasteiger partial charge in [0.25, 0.3) is 5.56 Å². The summed E-state index contributed by atoms with van der Waals surface area (Å²) in [5.41, 5.74) is 2.78. The van der Waals surface area contributed by atoms with Crippen LogP contribution in [0.4, 0.5) is 0 Å². The maximum absolute atomic E-state index is 12.8. The number of aromatic carboxylic acids is 1. The number of imidazole rings is 1. The van der Waals surface area contributed by atoms with Crippen LogP contribution in [0.15, 0.2) is 23.1 Å². The van der Waals surface area contributed by atoms with Crippen molar-refractivity contribution in [3.63, 3.8) is 0 Å². The van der Waals surface area contributed by atoms with Gasteiger partial charge >= 0.3 is 5.97 Å². The molecule has 2 heterocycles. The van der Waals surface area contributed by atoms with Crippen molar-refractivity contribution in [3.05, 3.63) is 45.6 Å². The van der Waals surface area contributed by atoms with Crippen LogP contribution in [0.2, 0.25) is 0 Å². The van der Waals surface area contributed by atoms with Crippen LogP contribution < -0.4 is 5.56 Å². The summed E-state index contributed by atoms with van der Waals surface area (Å²) >= 11 is 0. The Kier molecular flexibility index (Phi) is 3.63. The van der Waals surface area contributed by atoms with Crippen molar-refractivity contribution < 1.29 is 9.90 Å². The molecule has 130 valence electrons. The smallest absolute Gasteiger partial charge is 0.336 e. The average Bonchev–Trinajstić information content (AvgIpc) is 3.05. The molecule has 4 rings (SSSR count). The van der Waals surface area contributed by atoms with Crippen LogP contribution in [-0.4, -0.2) is 25.0 Å². The third-order valence-corrected chi connectivity index (χ3v) is 5.44. The summed E-state index contributed by atoms with van der Waals surface area (Å²) < 4.78 is 3.47. The molecule has 0 atom stereocenters. The number of fused-ring (bicyclic) bond motifs is 3. The summed E-state index contributed by atoms with van der Waals surface area (Å²) in [6.07, 6.45) is 7.33. The van der Waals surface area contributed by atoms with Gasteiger partial charge in [0.1, 0.15) is 11.3 Å². The molecule has 1 N–H and O–H groups in total. The van der Waals surface area contributed by atoms with E-state index in [0.717, 1.165) is 29.7 Å². The van der Waals surface area contributed by atoms with Crippen molar-refractivity contribution in [2.75, 3.05) is 0 Å². The number of hydrogen-bond acceptors (Lipinski definition) is 3. The summed E-state index contributed by atoms with van der Waals surface area (Å²) in [4.78, 5) is 28.9. The molecular formula is C19H21N3O3. The highest BCUT2D eigenvalue weighted by atomic mass is 16.4. The standard InChI is InChI=1S/C19H21N3O3/c1-11-8-14-15(9-13(11)19(24)25)22-16(18(23)21(14)2)10-20-17(22)12-6-4-3-5-7-12/h8-10,12H,3-7H2,1-2H3,(H,24,25). The van der Waals surface area contributed by atoms with Gasteiger partial charge in [-0.05, 0) is 37.5 Å². The van der Waals surface area contributed by atoms with Crippen LogP contribution in [-0.2, 0) is 7.05 Å². The molecule has 0 radical (unpaired) electrons. The predicted octanol–water partition coefficient (Wildman–Crippen LogP) is 3.24. The fourth-order valence-corrected chi connectivity index (χ4v) is 4.06. The van der Waals surface area contributed by atoms with Gasteiger partial charge in [-0.15, -0.1) is 0 Å². The molecule has 2 aromatic heterocycles. The van der Waals surface area contributed by atoms with Crippen LogP contribution in [0.3, 0.4) is 0 Å². The lowest BCUT2D eigenvalue weighted by Gasteiger charge is -2.21. The fraction of sp³-hybridized carbons (Fsp3) is 0.421. The van der Waals surface area contributed by atoms with Crippen LogP contribution >= 0.6 is 0 Å². The van der Waals surface area contributed by atoms with Crippen LogP contribution in [0.1, 0.15) is 59.8 Å². The van der Waals surface area contributed by atoms with Gasteiger partial charge in [-0.2, -0.15) is 0 Å². The van der Waals surface area contributed by atoms with Crippen molar-refractivity contribution in [1.82, 2.24) is 14.0 Å². The summed E-state index contributed by atoms with van der Waals surface area (Å²) in [6, 6.07) is 3.46. The highest BCUT2D eigenvalue weighted by Crippen LogP contribution is 2.33. The number of carboxylic acid groups (broad SMARTS) is 1. The Morgan fingerprint density at radius 3 is 2.56 bits per heavy atom. The molecule has 0 saturated heterocycles. The number of carboxylic acids is 1. The predicted molar refractivity (Wildman–Crippen MR) is 95.5 cm³/mol. The number of aromatic nitrogens is 3. The topological polar surface area (TPSA) is 76.6 Å². The number of nitrogens with zero attached hydrogens (tertiary/aromatic N) is 3. The number of aryl methyl sites for hydroxylation is 2. The quantitative estimate of drug-likeness (QED) is 0.777. The Morgan fingerprint density at radius 1 is 1.16 bits per heavy atom. The Hall–Kier alpha value is -2.63. The third-order valence-electron chi connectivity index (χ3n) is 5.44. The maximum Gasteiger partial charge on any atom is 0.336 e. The second kappa shape index (κ2) is 5.72. The van der Waals surface area contributed by atoms with E-state index in [1.807, 2.05) is 4.40 Å². The highest BCUT2D eigenvalue weighted by molar-refractivity contribution is 5.94. The van der Waals surface area contributed by atoms with Gasteiger partial charge in [-0.25, -0.2) is 9.78 Å². The number of carbonyl (C=O) groups is 1. The summed E-state index contributed by atoms with van der Waals surface area (Å²) in [5, 5.41) is 9.50. The first-order valence-corrected chi connectivity index (χ1v) is 8.73. The van der Waals surface area contributed by atoms with Crippen molar-refractivity contribution in [2.24, 2.45) is 7.05 Å². The zero-order chi connectivity index (χ0) is 17.7. The Labute approximate surface area is 144 Å². The van der Waals surface area contributed by atoms with Crippen molar-refractivity contribution in [2.45, 2.75) is 44.9 Å². The molecular weight excluding hydrogens is 318 g/mol. The fourth-order valence-electron chi connectivity index (χ4n) is 4.06. The normalized spacial score (nSPS) is 15.9. The van der Waals surface area contributed by atoms with Gasteiger partial charge in [0.2, 0.25) is 0 Å². The lowest BCUT2D eigenvalue weighted by Crippen LogP contribution is -2.21. The van der Waals surface area contributed by atoms with Gasteiger partial charge in [-0.3, -0.25) is 9.20 Å². The lowest BCUT2D eigenvalue weighted by molar-refractivity contribution is 0.0696. The minimum absolute atomic E-state index is 0.107.